The molecule has 0 aromatic rings. The second kappa shape index (κ2) is 6.28. The molecule has 1 aliphatic rings. The molecule has 0 spiro atoms. The molecule has 84 valence electrons. The van der Waals surface area contributed by atoms with Crippen LogP contribution in [0.5, 0.6) is 0 Å². The van der Waals surface area contributed by atoms with E-state index in [0.717, 1.165) is 43.3 Å². The highest BCUT2D eigenvalue weighted by Gasteiger charge is 2.34. The van der Waals surface area contributed by atoms with Crippen LogP contribution in [-0.2, 0) is 9.47 Å². The van der Waals surface area contributed by atoms with Crippen molar-refractivity contribution in [2.24, 2.45) is 0 Å². The number of halogens is 1. The number of hydrogen-bond acceptors (Lipinski definition) is 2. The van der Waals surface area contributed by atoms with Crippen molar-refractivity contribution >= 4 is 22.6 Å². The van der Waals surface area contributed by atoms with Crippen LogP contribution in [0.4, 0.5) is 0 Å². The third-order valence-corrected chi connectivity index (χ3v) is 4.37. The van der Waals surface area contributed by atoms with Gasteiger partial charge in [0.2, 0.25) is 0 Å². The van der Waals surface area contributed by atoms with Crippen molar-refractivity contribution in [1.29, 1.82) is 0 Å². The zero-order valence-corrected chi connectivity index (χ0v) is 11.4. The highest BCUT2D eigenvalue weighted by molar-refractivity contribution is 14.1. The van der Waals surface area contributed by atoms with Crippen molar-refractivity contribution in [3.05, 3.63) is 0 Å². The topological polar surface area (TPSA) is 18.5 Å². The lowest BCUT2D eigenvalue weighted by atomic mass is 9.96. The van der Waals surface area contributed by atoms with Crippen molar-refractivity contribution in [3.63, 3.8) is 0 Å². The predicted molar refractivity (Wildman–Crippen MR) is 67.1 cm³/mol. The molecule has 0 aromatic heterocycles. The number of alkyl halides is 1. The molecule has 0 amide bonds. The van der Waals surface area contributed by atoms with Gasteiger partial charge in [-0.2, -0.15) is 0 Å². The second-order valence-corrected chi connectivity index (χ2v) is 4.75. The van der Waals surface area contributed by atoms with E-state index < -0.39 is 0 Å². The van der Waals surface area contributed by atoms with Gasteiger partial charge in [0, 0.05) is 30.5 Å². The lowest BCUT2D eigenvalue weighted by molar-refractivity contribution is -0.129. The largest absolute Gasteiger partial charge is 0.381 e. The monoisotopic (exact) mass is 312 g/mol. The highest BCUT2D eigenvalue weighted by atomic mass is 127. The summed E-state index contributed by atoms with van der Waals surface area (Å²) < 4.78 is 12.7. The van der Waals surface area contributed by atoms with E-state index in [4.69, 9.17) is 9.47 Å². The van der Waals surface area contributed by atoms with E-state index in [9.17, 15) is 0 Å². The first-order valence-electron chi connectivity index (χ1n) is 5.58. The van der Waals surface area contributed by atoms with Crippen molar-refractivity contribution in [2.75, 3.05) is 17.6 Å². The molecule has 0 aromatic carbocycles. The molecule has 0 bridgehead atoms. The fourth-order valence-corrected chi connectivity index (χ4v) is 2.78. The Hall–Kier alpha value is 0.650. The molecule has 3 heteroatoms. The Morgan fingerprint density at radius 1 is 1.29 bits per heavy atom. The lowest BCUT2D eigenvalue weighted by Crippen LogP contribution is -2.43. The first-order valence-corrected chi connectivity index (χ1v) is 7.10. The molecule has 1 heterocycles. The summed E-state index contributed by atoms with van der Waals surface area (Å²) in [6.07, 6.45) is 4.80. The van der Waals surface area contributed by atoms with E-state index in [0.29, 0.717) is 6.10 Å². The fourth-order valence-electron chi connectivity index (χ4n) is 1.84. The molecule has 14 heavy (non-hydrogen) atoms. The van der Waals surface area contributed by atoms with Gasteiger partial charge in [0.05, 0.1) is 11.7 Å². The molecule has 1 saturated heterocycles. The van der Waals surface area contributed by atoms with Gasteiger partial charge >= 0.3 is 0 Å². The Morgan fingerprint density at radius 2 is 1.86 bits per heavy atom. The summed E-state index contributed by atoms with van der Waals surface area (Å²) in [4.78, 5) is 0. The molecule has 0 saturated carbocycles. The van der Waals surface area contributed by atoms with E-state index in [1.54, 1.807) is 0 Å². The number of rotatable bonds is 5. The van der Waals surface area contributed by atoms with E-state index >= 15 is 0 Å². The molecular formula is C11H21IO2. The minimum Gasteiger partial charge on any atom is -0.381 e. The average molecular weight is 312 g/mol. The summed E-state index contributed by atoms with van der Waals surface area (Å²) in [5, 5.41) is 0. The van der Waals surface area contributed by atoms with Gasteiger partial charge in [-0.1, -0.05) is 36.4 Å². The van der Waals surface area contributed by atoms with Crippen molar-refractivity contribution < 1.29 is 9.47 Å². The molecule has 1 fully saturated rings. The van der Waals surface area contributed by atoms with Crippen LogP contribution in [0.25, 0.3) is 0 Å². The van der Waals surface area contributed by atoms with E-state index in [1.807, 2.05) is 0 Å². The van der Waals surface area contributed by atoms with Gasteiger partial charge in [0.1, 0.15) is 0 Å². The fraction of sp³-hybridized carbons (Fsp3) is 1.00. The van der Waals surface area contributed by atoms with Crippen LogP contribution in [0.2, 0.25) is 0 Å². The zero-order valence-electron chi connectivity index (χ0n) is 9.22. The third-order valence-electron chi connectivity index (χ3n) is 2.97. The maximum Gasteiger partial charge on any atom is 0.0819 e. The molecular weight excluding hydrogens is 291 g/mol. The van der Waals surface area contributed by atoms with Gasteiger partial charge in [-0.3, -0.25) is 0 Å². The molecule has 0 aliphatic carbocycles. The Morgan fingerprint density at radius 3 is 2.29 bits per heavy atom. The standard InChI is InChI=1S/C11H21IO2/c1-3-10(4-2)14-11(9-12)5-7-13-8-6-11/h10H,3-9H2,1-2H3. The van der Waals surface area contributed by atoms with Crippen LogP contribution in [0.15, 0.2) is 0 Å². The second-order valence-electron chi connectivity index (χ2n) is 3.99. The Bertz CT molecular complexity index is 151. The van der Waals surface area contributed by atoms with Crippen LogP contribution in [0, 0.1) is 0 Å². The molecule has 0 N–H and O–H groups in total. The van der Waals surface area contributed by atoms with Crippen molar-refractivity contribution in [1.82, 2.24) is 0 Å². The minimum atomic E-state index is 0.107. The normalized spacial score (nSPS) is 21.4. The summed E-state index contributed by atoms with van der Waals surface area (Å²) in [5.74, 6) is 0. The van der Waals surface area contributed by atoms with Crippen LogP contribution in [-0.4, -0.2) is 29.3 Å². The van der Waals surface area contributed by atoms with E-state index in [-0.39, 0.29) is 5.60 Å². The predicted octanol–water partition coefficient (Wildman–Crippen LogP) is 3.18. The van der Waals surface area contributed by atoms with E-state index in [2.05, 4.69) is 36.4 Å². The Balaban J connectivity index is 2.50. The molecule has 1 aliphatic heterocycles. The first kappa shape index (κ1) is 12.7. The number of hydrogen-bond donors (Lipinski definition) is 0. The maximum atomic E-state index is 6.24. The maximum absolute atomic E-state index is 6.24. The average Bonchev–Trinajstić information content (AvgIpc) is 2.27. The molecule has 2 nitrogen and oxygen atoms in total. The van der Waals surface area contributed by atoms with Crippen LogP contribution >= 0.6 is 22.6 Å². The Kier molecular flexibility index (Phi) is 5.71. The van der Waals surface area contributed by atoms with Crippen LogP contribution < -0.4 is 0 Å². The van der Waals surface area contributed by atoms with Gasteiger partial charge in [-0.05, 0) is 12.8 Å². The smallest absolute Gasteiger partial charge is 0.0819 e. The Labute approximate surface area is 101 Å². The van der Waals surface area contributed by atoms with Crippen molar-refractivity contribution in [2.45, 2.75) is 51.2 Å². The first-order chi connectivity index (χ1) is 6.76. The summed E-state index contributed by atoms with van der Waals surface area (Å²) in [6, 6.07) is 0. The SMILES string of the molecule is CCC(CC)OC1(CI)CCOCC1. The third kappa shape index (κ3) is 3.35. The molecule has 0 atom stereocenters. The highest BCUT2D eigenvalue weighted by Crippen LogP contribution is 2.30. The van der Waals surface area contributed by atoms with E-state index in [1.165, 1.54) is 0 Å². The van der Waals surface area contributed by atoms with Gasteiger partial charge in [0.15, 0.2) is 0 Å². The van der Waals surface area contributed by atoms with Gasteiger partial charge in [0.25, 0.3) is 0 Å². The van der Waals surface area contributed by atoms with Crippen molar-refractivity contribution in [3.8, 4) is 0 Å². The van der Waals surface area contributed by atoms with Crippen LogP contribution in [0.1, 0.15) is 39.5 Å². The molecule has 1 rings (SSSR count). The summed E-state index contributed by atoms with van der Waals surface area (Å²) in [6.45, 7) is 6.13. The summed E-state index contributed by atoms with van der Waals surface area (Å²) >= 11 is 2.44. The number of ether oxygens (including phenoxy) is 2. The summed E-state index contributed by atoms with van der Waals surface area (Å²) in [5.41, 5.74) is 0.107. The molecule has 0 unspecified atom stereocenters. The van der Waals surface area contributed by atoms with Crippen LogP contribution in [0.3, 0.4) is 0 Å². The summed E-state index contributed by atoms with van der Waals surface area (Å²) in [7, 11) is 0. The van der Waals surface area contributed by atoms with Gasteiger partial charge < -0.3 is 9.47 Å². The van der Waals surface area contributed by atoms with Gasteiger partial charge in [-0.25, -0.2) is 0 Å². The lowest BCUT2D eigenvalue weighted by Gasteiger charge is -2.38. The quantitative estimate of drug-likeness (QED) is 0.573. The zero-order chi connectivity index (χ0) is 10.4. The van der Waals surface area contributed by atoms with Gasteiger partial charge in [-0.15, -0.1) is 0 Å². The minimum absolute atomic E-state index is 0.107. The molecule has 0 radical (unpaired) electrons.